The van der Waals surface area contributed by atoms with Gasteiger partial charge >= 0.3 is 0 Å². The van der Waals surface area contributed by atoms with E-state index < -0.39 is 0 Å². The third kappa shape index (κ3) is 4.78. The maximum atomic E-state index is 5.37. The quantitative estimate of drug-likeness (QED) is 0.508. The van der Waals surface area contributed by atoms with Crippen LogP contribution in [0.4, 0.5) is 0 Å². The molecule has 1 rings (SSSR count). The van der Waals surface area contributed by atoms with Gasteiger partial charge in [-0.1, -0.05) is 13.5 Å². The van der Waals surface area contributed by atoms with E-state index in [2.05, 4.69) is 30.8 Å². The molecule has 1 atom stereocenters. The van der Waals surface area contributed by atoms with Crippen molar-refractivity contribution in [1.82, 2.24) is 10.2 Å². The van der Waals surface area contributed by atoms with E-state index in [0.29, 0.717) is 6.04 Å². The molecule has 0 aromatic heterocycles. The van der Waals surface area contributed by atoms with E-state index in [1.165, 1.54) is 12.0 Å². The van der Waals surface area contributed by atoms with Crippen LogP contribution in [0.2, 0.25) is 0 Å². The molecule has 0 saturated carbocycles. The zero-order valence-electron chi connectivity index (χ0n) is 10.1. The van der Waals surface area contributed by atoms with Crippen molar-refractivity contribution in [3.05, 3.63) is 12.2 Å². The molecule has 88 valence electrons. The molecular formula is C12H24N2O. The van der Waals surface area contributed by atoms with Crippen molar-refractivity contribution in [1.29, 1.82) is 0 Å². The van der Waals surface area contributed by atoms with Crippen molar-refractivity contribution in [3.63, 3.8) is 0 Å². The van der Waals surface area contributed by atoms with E-state index >= 15 is 0 Å². The van der Waals surface area contributed by atoms with Crippen LogP contribution in [-0.2, 0) is 4.74 Å². The van der Waals surface area contributed by atoms with Crippen LogP contribution >= 0.6 is 0 Å². The maximum Gasteiger partial charge on any atom is 0.0622 e. The lowest BCUT2D eigenvalue weighted by Crippen LogP contribution is -2.35. The van der Waals surface area contributed by atoms with Gasteiger partial charge in [0.15, 0.2) is 0 Å². The van der Waals surface area contributed by atoms with Crippen LogP contribution in [0.1, 0.15) is 19.8 Å². The predicted octanol–water partition coefficient (Wildman–Crippen LogP) is 1.26. The molecule has 1 heterocycles. The Morgan fingerprint density at radius 3 is 3.00 bits per heavy atom. The van der Waals surface area contributed by atoms with Gasteiger partial charge in [-0.25, -0.2) is 0 Å². The van der Waals surface area contributed by atoms with Gasteiger partial charge in [0.05, 0.1) is 6.61 Å². The lowest BCUT2D eigenvalue weighted by atomic mass is 10.2. The molecule has 1 unspecified atom stereocenters. The van der Waals surface area contributed by atoms with Gasteiger partial charge in [0.1, 0.15) is 0 Å². The van der Waals surface area contributed by atoms with Gasteiger partial charge in [-0.05, 0) is 32.0 Å². The van der Waals surface area contributed by atoms with Crippen molar-refractivity contribution >= 4 is 0 Å². The summed E-state index contributed by atoms with van der Waals surface area (Å²) in [5.41, 5.74) is 1.26. The van der Waals surface area contributed by atoms with Gasteiger partial charge < -0.3 is 10.1 Å². The van der Waals surface area contributed by atoms with Crippen molar-refractivity contribution in [3.8, 4) is 0 Å². The zero-order valence-corrected chi connectivity index (χ0v) is 10.1. The highest BCUT2D eigenvalue weighted by molar-refractivity contribution is 5.00. The van der Waals surface area contributed by atoms with E-state index in [9.17, 15) is 0 Å². The highest BCUT2D eigenvalue weighted by Crippen LogP contribution is 2.11. The molecule has 0 spiro atoms. The van der Waals surface area contributed by atoms with Gasteiger partial charge in [-0.15, -0.1) is 0 Å². The van der Waals surface area contributed by atoms with E-state index in [1.807, 2.05) is 0 Å². The van der Waals surface area contributed by atoms with Crippen molar-refractivity contribution < 1.29 is 4.74 Å². The maximum absolute atomic E-state index is 5.37. The first-order valence-electron chi connectivity index (χ1n) is 5.89. The van der Waals surface area contributed by atoms with Gasteiger partial charge in [0, 0.05) is 25.7 Å². The molecule has 0 bridgehead atoms. The lowest BCUT2D eigenvalue weighted by molar-refractivity contribution is 0.163. The number of nitrogens with one attached hydrogen (secondary N) is 1. The minimum Gasteiger partial charge on any atom is -0.380 e. The molecule has 0 radical (unpaired) electrons. The van der Waals surface area contributed by atoms with E-state index in [4.69, 9.17) is 4.74 Å². The first-order chi connectivity index (χ1) is 7.24. The Balaban J connectivity index is 2.13. The zero-order chi connectivity index (χ0) is 11.1. The van der Waals surface area contributed by atoms with E-state index in [1.54, 1.807) is 0 Å². The first-order valence-corrected chi connectivity index (χ1v) is 5.89. The average molecular weight is 212 g/mol. The van der Waals surface area contributed by atoms with Crippen LogP contribution < -0.4 is 5.32 Å². The fourth-order valence-electron chi connectivity index (χ4n) is 1.85. The third-order valence-corrected chi connectivity index (χ3v) is 2.80. The highest BCUT2D eigenvalue weighted by atomic mass is 16.5. The van der Waals surface area contributed by atoms with Gasteiger partial charge in [0.2, 0.25) is 0 Å². The molecule has 1 saturated heterocycles. The summed E-state index contributed by atoms with van der Waals surface area (Å²) < 4.78 is 5.37. The number of hydrogen-bond acceptors (Lipinski definition) is 3. The van der Waals surface area contributed by atoms with Gasteiger partial charge in [-0.3, -0.25) is 4.90 Å². The van der Waals surface area contributed by atoms with Crippen molar-refractivity contribution in [2.75, 3.05) is 39.9 Å². The summed E-state index contributed by atoms with van der Waals surface area (Å²) in [4.78, 5) is 2.35. The summed E-state index contributed by atoms with van der Waals surface area (Å²) in [6, 6.07) is 0.591. The van der Waals surface area contributed by atoms with Crippen LogP contribution in [0.3, 0.4) is 0 Å². The smallest absolute Gasteiger partial charge is 0.0622 e. The normalized spacial score (nSPS) is 21.1. The molecule has 1 aliphatic rings. The Labute approximate surface area is 93.5 Å². The summed E-state index contributed by atoms with van der Waals surface area (Å²) in [7, 11) is 2.16. The molecule has 0 aromatic rings. The van der Waals surface area contributed by atoms with Crippen LogP contribution in [0.15, 0.2) is 12.2 Å². The monoisotopic (exact) mass is 212 g/mol. The van der Waals surface area contributed by atoms with E-state index in [0.717, 1.165) is 39.3 Å². The molecular weight excluding hydrogens is 188 g/mol. The molecule has 0 amide bonds. The van der Waals surface area contributed by atoms with Crippen molar-refractivity contribution in [2.24, 2.45) is 0 Å². The molecule has 0 aromatic carbocycles. The number of hydrogen-bond donors (Lipinski definition) is 1. The highest BCUT2D eigenvalue weighted by Gasteiger charge is 2.20. The summed E-state index contributed by atoms with van der Waals surface area (Å²) in [5, 5.41) is 3.37. The Morgan fingerprint density at radius 2 is 2.40 bits per heavy atom. The number of likely N-dealkylation sites (N-methyl/N-ethyl adjacent to an activating group) is 1. The summed E-state index contributed by atoms with van der Waals surface area (Å²) >= 11 is 0. The van der Waals surface area contributed by atoms with Crippen molar-refractivity contribution in [2.45, 2.75) is 25.8 Å². The molecule has 1 fully saturated rings. The second-order valence-corrected chi connectivity index (χ2v) is 4.36. The minimum absolute atomic E-state index is 0.591. The molecule has 3 nitrogen and oxygen atoms in total. The topological polar surface area (TPSA) is 24.5 Å². The van der Waals surface area contributed by atoms with Gasteiger partial charge in [0.25, 0.3) is 0 Å². The number of rotatable bonds is 7. The Bertz CT molecular complexity index is 188. The Hall–Kier alpha value is -0.380. The summed E-state index contributed by atoms with van der Waals surface area (Å²) in [6.45, 7) is 11.1. The summed E-state index contributed by atoms with van der Waals surface area (Å²) in [6.07, 6.45) is 2.34. The number of nitrogens with zero attached hydrogens (tertiary/aromatic N) is 1. The molecule has 1 aliphatic heterocycles. The van der Waals surface area contributed by atoms with Crippen LogP contribution in [0.5, 0.6) is 0 Å². The Kier molecular flexibility index (Phi) is 5.91. The number of ether oxygens (including phenoxy) is 1. The molecule has 0 aliphatic carbocycles. The SMILES string of the molecule is C=C(CNCCC)CN(C)C1CCOC1. The molecule has 3 heteroatoms. The van der Waals surface area contributed by atoms with Gasteiger partial charge in [-0.2, -0.15) is 0 Å². The van der Waals surface area contributed by atoms with Crippen LogP contribution in [0.25, 0.3) is 0 Å². The molecule has 1 N–H and O–H groups in total. The second kappa shape index (κ2) is 6.99. The average Bonchev–Trinajstić information content (AvgIpc) is 2.70. The minimum atomic E-state index is 0.591. The van der Waals surface area contributed by atoms with Crippen LogP contribution in [-0.4, -0.2) is 50.8 Å². The fraction of sp³-hybridized carbons (Fsp3) is 0.833. The summed E-state index contributed by atoms with van der Waals surface area (Å²) in [5.74, 6) is 0. The predicted molar refractivity (Wildman–Crippen MR) is 64.2 cm³/mol. The van der Waals surface area contributed by atoms with Crippen LogP contribution in [0, 0.1) is 0 Å². The fourth-order valence-corrected chi connectivity index (χ4v) is 1.85. The Morgan fingerprint density at radius 1 is 1.60 bits per heavy atom. The third-order valence-electron chi connectivity index (χ3n) is 2.80. The second-order valence-electron chi connectivity index (χ2n) is 4.36. The lowest BCUT2D eigenvalue weighted by Gasteiger charge is -2.23. The largest absolute Gasteiger partial charge is 0.380 e. The van der Waals surface area contributed by atoms with E-state index in [-0.39, 0.29) is 0 Å². The standard InChI is InChI=1S/C12H24N2O/c1-4-6-13-8-11(2)9-14(3)12-5-7-15-10-12/h12-13H,2,4-10H2,1,3H3. The molecule has 15 heavy (non-hydrogen) atoms. The first kappa shape index (κ1) is 12.7.